The molecule has 0 aliphatic heterocycles. The molecule has 0 heterocycles. The van der Waals surface area contributed by atoms with Crippen molar-refractivity contribution in [1.82, 2.24) is 5.32 Å². The number of benzene rings is 1. The molecule has 0 spiro atoms. The first-order chi connectivity index (χ1) is 8.95. The highest BCUT2D eigenvalue weighted by Crippen LogP contribution is 2.18. The third kappa shape index (κ3) is 5.45. The van der Waals surface area contributed by atoms with Crippen LogP contribution in [0.25, 0.3) is 0 Å². The van der Waals surface area contributed by atoms with Gasteiger partial charge in [-0.3, -0.25) is 0 Å². The second-order valence-electron chi connectivity index (χ2n) is 5.16. The molecule has 2 heteroatoms. The summed E-state index contributed by atoms with van der Waals surface area (Å²) in [7, 11) is 0. The first-order valence-corrected chi connectivity index (χ1v) is 8.35. The van der Waals surface area contributed by atoms with Gasteiger partial charge in [0.25, 0.3) is 0 Å². The summed E-state index contributed by atoms with van der Waals surface area (Å²) in [5.41, 5.74) is 0. The van der Waals surface area contributed by atoms with Crippen molar-refractivity contribution < 1.29 is 0 Å². The molecule has 0 radical (unpaired) electrons. The Hall–Kier alpha value is -0.470. The number of hydrogen-bond acceptors (Lipinski definition) is 2. The lowest BCUT2D eigenvalue weighted by molar-refractivity contribution is 0.397. The van der Waals surface area contributed by atoms with Gasteiger partial charge < -0.3 is 5.32 Å². The standard InChI is InChI=1S/C16H25NS/c1-2-5-9-15(10-6-3-1)17-13-14-18-16-11-7-4-8-12-16/h4,7-8,11-12,15,17H,1-3,5-6,9-10,13-14H2. The first-order valence-electron chi connectivity index (χ1n) is 7.36. The molecule has 0 aromatic heterocycles. The molecule has 0 amide bonds. The highest BCUT2D eigenvalue weighted by Gasteiger charge is 2.09. The summed E-state index contributed by atoms with van der Waals surface area (Å²) in [4.78, 5) is 1.39. The molecule has 0 saturated heterocycles. The minimum absolute atomic E-state index is 0.779. The van der Waals surface area contributed by atoms with Crippen LogP contribution < -0.4 is 5.32 Å². The van der Waals surface area contributed by atoms with Gasteiger partial charge in [-0.05, 0) is 25.0 Å². The summed E-state index contributed by atoms with van der Waals surface area (Å²) in [6.07, 6.45) is 9.95. The molecule has 100 valence electrons. The minimum Gasteiger partial charge on any atom is -0.313 e. The predicted molar refractivity (Wildman–Crippen MR) is 81.3 cm³/mol. The molecule has 1 aliphatic rings. The maximum atomic E-state index is 3.74. The van der Waals surface area contributed by atoms with Crippen molar-refractivity contribution in [2.45, 2.75) is 55.9 Å². The van der Waals surface area contributed by atoms with Crippen molar-refractivity contribution >= 4 is 11.8 Å². The lowest BCUT2D eigenvalue weighted by Gasteiger charge is -2.20. The molecule has 18 heavy (non-hydrogen) atoms. The summed E-state index contributed by atoms with van der Waals surface area (Å²) in [5, 5.41) is 3.74. The molecule has 0 atom stereocenters. The molecule has 1 fully saturated rings. The Morgan fingerprint density at radius 3 is 2.33 bits per heavy atom. The zero-order valence-corrected chi connectivity index (χ0v) is 12.1. The molecule has 1 aromatic rings. The number of rotatable bonds is 5. The van der Waals surface area contributed by atoms with Crippen LogP contribution in [-0.2, 0) is 0 Å². The van der Waals surface area contributed by atoms with Crippen LogP contribution in [0.5, 0.6) is 0 Å². The monoisotopic (exact) mass is 263 g/mol. The normalized spacial score (nSPS) is 18.2. The van der Waals surface area contributed by atoms with Crippen molar-refractivity contribution in [3.05, 3.63) is 30.3 Å². The Morgan fingerprint density at radius 1 is 0.944 bits per heavy atom. The molecule has 0 bridgehead atoms. The van der Waals surface area contributed by atoms with Gasteiger partial charge in [0.15, 0.2) is 0 Å². The van der Waals surface area contributed by atoms with Crippen LogP contribution in [0.15, 0.2) is 35.2 Å². The smallest absolute Gasteiger partial charge is 0.0106 e. The quantitative estimate of drug-likeness (QED) is 0.621. The van der Waals surface area contributed by atoms with E-state index in [4.69, 9.17) is 0 Å². The number of thioether (sulfide) groups is 1. The molecule has 0 unspecified atom stereocenters. The van der Waals surface area contributed by atoms with Crippen LogP contribution in [0.1, 0.15) is 44.9 Å². The molecule has 2 rings (SSSR count). The molecule has 1 saturated carbocycles. The van der Waals surface area contributed by atoms with E-state index in [0.29, 0.717) is 0 Å². The zero-order valence-electron chi connectivity index (χ0n) is 11.2. The highest BCUT2D eigenvalue weighted by molar-refractivity contribution is 7.99. The van der Waals surface area contributed by atoms with Crippen molar-refractivity contribution in [2.24, 2.45) is 0 Å². The summed E-state index contributed by atoms with van der Waals surface area (Å²) in [6.45, 7) is 1.14. The molecule has 1 aromatic carbocycles. The third-order valence-corrected chi connectivity index (χ3v) is 4.67. The second kappa shape index (κ2) is 8.60. The molecule has 1 nitrogen and oxygen atoms in total. The van der Waals surface area contributed by atoms with E-state index in [1.54, 1.807) is 0 Å². The van der Waals surface area contributed by atoms with E-state index in [1.165, 1.54) is 55.6 Å². The Morgan fingerprint density at radius 2 is 1.61 bits per heavy atom. The Kier molecular flexibility index (Phi) is 6.67. The molecule has 1 aliphatic carbocycles. The van der Waals surface area contributed by atoms with Gasteiger partial charge >= 0.3 is 0 Å². The molecule has 1 N–H and O–H groups in total. The van der Waals surface area contributed by atoms with Crippen molar-refractivity contribution in [3.8, 4) is 0 Å². The SMILES string of the molecule is c1ccc(SCCNC2CCCCCCC2)cc1. The van der Waals surface area contributed by atoms with Gasteiger partial charge in [0.05, 0.1) is 0 Å². The lowest BCUT2D eigenvalue weighted by atomic mass is 9.97. The van der Waals surface area contributed by atoms with Crippen molar-refractivity contribution in [3.63, 3.8) is 0 Å². The third-order valence-electron chi connectivity index (χ3n) is 3.65. The van der Waals surface area contributed by atoms with Crippen LogP contribution in [0.3, 0.4) is 0 Å². The van der Waals surface area contributed by atoms with E-state index in [1.807, 2.05) is 11.8 Å². The van der Waals surface area contributed by atoms with Crippen molar-refractivity contribution in [2.75, 3.05) is 12.3 Å². The average molecular weight is 263 g/mol. The van der Waals surface area contributed by atoms with E-state index < -0.39 is 0 Å². The maximum Gasteiger partial charge on any atom is 0.0106 e. The molecular formula is C16H25NS. The van der Waals surface area contributed by atoms with Crippen molar-refractivity contribution in [1.29, 1.82) is 0 Å². The summed E-state index contributed by atoms with van der Waals surface area (Å²) in [5.74, 6) is 1.18. The summed E-state index contributed by atoms with van der Waals surface area (Å²) in [6, 6.07) is 11.5. The van der Waals surface area contributed by atoms with Crippen LogP contribution in [0.4, 0.5) is 0 Å². The summed E-state index contributed by atoms with van der Waals surface area (Å²) < 4.78 is 0. The van der Waals surface area contributed by atoms with Crippen LogP contribution >= 0.6 is 11.8 Å². The fourth-order valence-electron chi connectivity index (χ4n) is 2.61. The van der Waals surface area contributed by atoms with Gasteiger partial charge in [0.2, 0.25) is 0 Å². The lowest BCUT2D eigenvalue weighted by Crippen LogP contribution is -2.31. The van der Waals surface area contributed by atoms with Gasteiger partial charge in [-0.15, -0.1) is 11.8 Å². The minimum atomic E-state index is 0.779. The van der Waals surface area contributed by atoms with Gasteiger partial charge in [0, 0.05) is 23.2 Å². The number of hydrogen-bond donors (Lipinski definition) is 1. The van der Waals surface area contributed by atoms with Gasteiger partial charge in [-0.2, -0.15) is 0 Å². The van der Waals surface area contributed by atoms with Gasteiger partial charge in [0.1, 0.15) is 0 Å². The van der Waals surface area contributed by atoms with E-state index in [9.17, 15) is 0 Å². The van der Waals surface area contributed by atoms with Crippen LogP contribution in [0.2, 0.25) is 0 Å². The van der Waals surface area contributed by atoms with Crippen LogP contribution in [-0.4, -0.2) is 18.3 Å². The van der Waals surface area contributed by atoms with E-state index >= 15 is 0 Å². The van der Waals surface area contributed by atoms with E-state index in [-0.39, 0.29) is 0 Å². The highest BCUT2D eigenvalue weighted by atomic mass is 32.2. The fourth-order valence-corrected chi connectivity index (χ4v) is 3.41. The predicted octanol–water partition coefficient (Wildman–Crippen LogP) is 4.48. The van der Waals surface area contributed by atoms with Crippen LogP contribution in [0, 0.1) is 0 Å². The largest absolute Gasteiger partial charge is 0.313 e. The Balaban J connectivity index is 1.59. The average Bonchev–Trinajstić information content (AvgIpc) is 2.38. The number of nitrogens with one attached hydrogen (secondary N) is 1. The topological polar surface area (TPSA) is 12.0 Å². The Labute approximate surface area is 116 Å². The van der Waals surface area contributed by atoms with E-state index in [2.05, 4.69) is 35.6 Å². The second-order valence-corrected chi connectivity index (χ2v) is 6.33. The van der Waals surface area contributed by atoms with Gasteiger partial charge in [-0.1, -0.05) is 50.3 Å². The first kappa shape index (κ1) is 14.0. The zero-order chi connectivity index (χ0) is 12.5. The van der Waals surface area contributed by atoms with E-state index in [0.717, 1.165) is 12.6 Å². The Bertz CT molecular complexity index is 304. The van der Waals surface area contributed by atoms with Gasteiger partial charge in [-0.25, -0.2) is 0 Å². The summed E-state index contributed by atoms with van der Waals surface area (Å²) >= 11 is 1.96. The molecular weight excluding hydrogens is 238 g/mol. The maximum absolute atomic E-state index is 3.74. The fraction of sp³-hybridized carbons (Fsp3) is 0.625.